The van der Waals surface area contributed by atoms with Gasteiger partial charge in [0.2, 0.25) is 11.8 Å². The highest BCUT2D eigenvalue weighted by Crippen LogP contribution is 2.27. The SMILES string of the molecule is CN(C)CCCNC(=O)CNC(=O)CC(c1ccccc1)c1ccccc1. The molecular weight excluding hydrogens is 338 g/mol. The number of amides is 2. The Morgan fingerprint density at radius 2 is 1.41 bits per heavy atom. The van der Waals surface area contributed by atoms with Gasteiger partial charge in [-0.1, -0.05) is 60.7 Å². The molecule has 0 radical (unpaired) electrons. The lowest BCUT2D eigenvalue weighted by Crippen LogP contribution is -2.38. The molecule has 0 spiro atoms. The summed E-state index contributed by atoms with van der Waals surface area (Å²) in [6, 6.07) is 20.0. The Balaban J connectivity index is 1.86. The minimum Gasteiger partial charge on any atom is -0.355 e. The standard InChI is InChI=1S/C22H29N3O2/c1-25(2)15-9-14-23-22(27)17-24-21(26)16-20(18-10-5-3-6-11-18)19-12-7-4-8-13-19/h3-8,10-13,20H,9,14-17H2,1-2H3,(H,23,27)(H,24,26). The normalized spacial score (nSPS) is 10.8. The van der Waals surface area contributed by atoms with Crippen LogP contribution in [0.2, 0.25) is 0 Å². The van der Waals surface area contributed by atoms with E-state index in [0.717, 1.165) is 24.1 Å². The average Bonchev–Trinajstić information content (AvgIpc) is 2.69. The summed E-state index contributed by atoms with van der Waals surface area (Å²) in [5.74, 6) is -0.315. The topological polar surface area (TPSA) is 61.4 Å². The molecule has 2 aromatic carbocycles. The molecule has 0 bridgehead atoms. The van der Waals surface area contributed by atoms with Gasteiger partial charge in [0.25, 0.3) is 0 Å². The Kier molecular flexibility index (Phi) is 8.52. The van der Waals surface area contributed by atoms with Gasteiger partial charge >= 0.3 is 0 Å². The van der Waals surface area contributed by atoms with E-state index in [1.54, 1.807) is 0 Å². The van der Waals surface area contributed by atoms with Crippen molar-refractivity contribution < 1.29 is 9.59 Å². The Bertz CT molecular complexity index is 663. The lowest BCUT2D eigenvalue weighted by Gasteiger charge is -2.18. The smallest absolute Gasteiger partial charge is 0.239 e. The highest BCUT2D eigenvalue weighted by molar-refractivity contribution is 5.85. The molecule has 0 aliphatic heterocycles. The summed E-state index contributed by atoms with van der Waals surface area (Å²) in [6.07, 6.45) is 1.19. The predicted molar refractivity (Wildman–Crippen MR) is 109 cm³/mol. The second-order valence-electron chi connectivity index (χ2n) is 6.86. The molecule has 0 atom stereocenters. The van der Waals surface area contributed by atoms with Gasteiger partial charge in [-0.05, 0) is 38.2 Å². The van der Waals surface area contributed by atoms with Crippen LogP contribution in [-0.2, 0) is 9.59 Å². The highest BCUT2D eigenvalue weighted by atomic mass is 16.2. The minimum atomic E-state index is -0.155. The Labute approximate surface area is 161 Å². The van der Waals surface area contributed by atoms with Gasteiger partial charge in [-0.2, -0.15) is 0 Å². The summed E-state index contributed by atoms with van der Waals surface area (Å²) >= 11 is 0. The van der Waals surface area contributed by atoms with E-state index in [9.17, 15) is 9.59 Å². The van der Waals surface area contributed by atoms with Crippen molar-refractivity contribution in [2.45, 2.75) is 18.8 Å². The molecule has 0 aliphatic rings. The molecule has 2 rings (SSSR count). The minimum absolute atomic E-state index is 0.0110. The first kappa shape index (κ1) is 20.6. The zero-order chi connectivity index (χ0) is 19.5. The van der Waals surface area contributed by atoms with Crippen LogP contribution in [0.3, 0.4) is 0 Å². The molecular formula is C22H29N3O2. The van der Waals surface area contributed by atoms with Gasteiger partial charge in [-0.25, -0.2) is 0 Å². The molecule has 144 valence electrons. The molecule has 0 aliphatic carbocycles. The van der Waals surface area contributed by atoms with Crippen LogP contribution in [0.25, 0.3) is 0 Å². The molecule has 5 heteroatoms. The van der Waals surface area contributed by atoms with E-state index in [-0.39, 0.29) is 24.3 Å². The van der Waals surface area contributed by atoms with Gasteiger partial charge in [0.05, 0.1) is 6.54 Å². The fourth-order valence-electron chi connectivity index (χ4n) is 2.92. The van der Waals surface area contributed by atoms with Crippen LogP contribution < -0.4 is 10.6 Å². The first-order valence-electron chi connectivity index (χ1n) is 9.34. The summed E-state index contributed by atoms with van der Waals surface area (Å²) in [6.45, 7) is 1.54. The zero-order valence-electron chi connectivity index (χ0n) is 16.2. The summed E-state index contributed by atoms with van der Waals surface area (Å²) in [4.78, 5) is 26.4. The maximum absolute atomic E-state index is 12.4. The van der Waals surface area contributed by atoms with Crippen LogP contribution in [0, 0.1) is 0 Å². The molecule has 5 nitrogen and oxygen atoms in total. The predicted octanol–water partition coefficient (Wildman–Crippen LogP) is 2.39. The molecule has 2 aromatic rings. The number of nitrogens with zero attached hydrogens (tertiary/aromatic N) is 1. The van der Waals surface area contributed by atoms with Gasteiger partial charge in [0.1, 0.15) is 0 Å². The van der Waals surface area contributed by atoms with Crippen LogP contribution in [0.5, 0.6) is 0 Å². The van der Waals surface area contributed by atoms with E-state index in [4.69, 9.17) is 0 Å². The Morgan fingerprint density at radius 1 is 0.852 bits per heavy atom. The van der Waals surface area contributed by atoms with Crippen molar-refractivity contribution >= 4 is 11.8 Å². The number of hydrogen-bond donors (Lipinski definition) is 2. The highest BCUT2D eigenvalue weighted by Gasteiger charge is 2.18. The van der Waals surface area contributed by atoms with Crippen molar-refractivity contribution in [2.24, 2.45) is 0 Å². The van der Waals surface area contributed by atoms with E-state index < -0.39 is 0 Å². The third-order valence-corrected chi connectivity index (χ3v) is 4.34. The lowest BCUT2D eigenvalue weighted by atomic mass is 9.88. The first-order chi connectivity index (χ1) is 13.1. The van der Waals surface area contributed by atoms with Gasteiger partial charge in [0.15, 0.2) is 0 Å². The maximum atomic E-state index is 12.4. The quantitative estimate of drug-likeness (QED) is 0.634. The van der Waals surface area contributed by atoms with Crippen molar-refractivity contribution in [3.63, 3.8) is 0 Å². The third kappa shape index (κ3) is 7.62. The van der Waals surface area contributed by atoms with Crippen molar-refractivity contribution in [3.05, 3.63) is 71.8 Å². The van der Waals surface area contributed by atoms with Gasteiger partial charge in [0, 0.05) is 18.9 Å². The molecule has 2 N–H and O–H groups in total. The van der Waals surface area contributed by atoms with Crippen LogP contribution >= 0.6 is 0 Å². The number of carbonyl (C=O) groups excluding carboxylic acids is 2. The van der Waals surface area contributed by atoms with E-state index in [0.29, 0.717) is 13.0 Å². The van der Waals surface area contributed by atoms with E-state index >= 15 is 0 Å². The fraction of sp³-hybridized carbons (Fsp3) is 0.364. The van der Waals surface area contributed by atoms with E-state index in [1.165, 1.54) is 0 Å². The Morgan fingerprint density at radius 3 is 1.93 bits per heavy atom. The molecule has 0 saturated carbocycles. The summed E-state index contributed by atoms with van der Waals surface area (Å²) in [5, 5.41) is 5.57. The monoisotopic (exact) mass is 367 g/mol. The third-order valence-electron chi connectivity index (χ3n) is 4.34. The van der Waals surface area contributed by atoms with E-state index in [2.05, 4.69) is 15.5 Å². The number of nitrogens with one attached hydrogen (secondary N) is 2. The van der Waals surface area contributed by atoms with Crippen molar-refractivity contribution in [2.75, 3.05) is 33.7 Å². The first-order valence-corrected chi connectivity index (χ1v) is 9.34. The van der Waals surface area contributed by atoms with Gasteiger partial charge in [-0.15, -0.1) is 0 Å². The van der Waals surface area contributed by atoms with Crippen molar-refractivity contribution in [3.8, 4) is 0 Å². The van der Waals surface area contributed by atoms with E-state index in [1.807, 2.05) is 74.8 Å². The largest absolute Gasteiger partial charge is 0.355 e. The second kappa shape index (κ2) is 11.1. The molecule has 0 saturated heterocycles. The molecule has 0 heterocycles. The summed E-state index contributed by atoms with van der Waals surface area (Å²) in [7, 11) is 4.00. The molecule has 27 heavy (non-hydrogen) atoms. The number of carbonyl (C=O) groups is 2. The van der Waals surface area contributed by atoms with Crippen LogP contribution in [0.15, 0.2) is 60.7 Å². The number of hydrogen-bond acceptors (Lipinski definition) is 3. The fourth-order valence-corrected chi connectivity index (χ4v) is 2.92. The molecule has 2 amide bonds. The number of rotatable bonds is 10. The van der Waals surface area contributed by atoms with Crippen LogP contribution in [0.4, 0.5) is 0 Å². The van der Waals surface area contributed by atoms with Crippen molar-refractivity contribution in [1.82, 2.24) is 15.5 Å². The van der Waals surface area contributed by atoms with Crippen LogP contribution in [0.1, 0.15) is 29.9 Å². The van der Waals surface area contributed by atoms with Crippen molar-refractivity contribution in [1.29, 1.82) is 0 Å². The van der Waals surface area contributed by atoms with Gasteiger partial charge < -0.3 is 15.5 Å². The lowest BCUT2D eigenvalue weighted by molar-refractivity contribution is -0.126. The Hall–Kier alpha value is -2.66. The summed E-state index contributed by atoms with van der Waals surface area (Å²) in [5.41, 5.74) is 2.18. The average molecular weight is 367 g/mol. The zero-order valence-corrected chi connectivity index (χ0v) is 16.2. The van der Waals surface area contributed by atoms with Gasteiger partial charge in [-0.3, -0.25) is 9.59 Å². The summed E-state index contributed by atoms with van der Waals surface area (Å²) < 4.78 is 0. The van der Waals surface area contributed by atoms with Crippen LogP contribution in [-0.4, -0.2) is 50.4 Å². The molecule has 0 fully saturated rings. The molecule has 0 unspecified atom stereocenters. The second-order valence-corrected chi connectivity index (χ2v) is 6.86. The maximum Gasteiger partial charge on any atom is 0.239 e. The molecule has 0 aromatic heterocycles. The number of benzene rings is 2.